The van der Waals surface area contributed by atoms with Crippen molar-refractivity contribution in [2.75, 3.05) is 25.1 Å². The van der Waals surface area contributed by atoms with Gasteiger partial charge in [0.25, 0.3) is 5.91 Å². The van der Waals surface area contributed by atoms with Crippen molar-refractivity contribution in [1.29, 1.82) is 0 Å². The van der Waals surface area contributed by atoms with Crippen LogP contribution in [-0.4, -0.2) is 52.6 Å². The molecule has 1 fully saturated rings. The summed E-state index contributed by atoms with van der Waals surface area (Å²) >= 11 is 6.19. The quantitative estimate of drug-likeness (QED) is 0.747. The zero-order valence-electron chi connectivity index (χ0n) is 14.9. The minimum absolute atomic E-state index is 0.101. The SMILES string of the molecule is CCOC(=O)c1cnn(C)c1NC(=O)c1cnc(O[C@H]2CCOC2)c(Cl)c1. The molecule has 27 heavy (non-hydrogen) atoms. The van der Waals surface area contributed by atoms with Gasteiger partial charge in [0.1, 0.15) is 22.5 Å². The molecule has 1 aliphatic rings. The third-order valence-electron chi connectivity index (χ3n) is 3.90. The van der Waals surface area contributed by atoms with Crippen LogP contribution in [0.4, 0.5) is 5.82 Å². The fraction of sp³-hybridized carbons (Fsp3) is 0.412. The van der Waals surface area contributed by atoms with E-state index in [1.165, 1.54) is 23.1 Å². The van der Waals surface area contributed by atoms with Crippen LogP contribution in [0.25, 0.3) is 0 Å². The summed E-state index contributed by atoms with van der Waals surface area (Å²) < 4.78 is 17.2. The maximum Gasteiger partial charge on any atom is 0.343 e. The van der Waals surface area contributed by atoms with Crippen LogP contribution in [0.3, 0.4) is 0 Å². The van der Waals surface area contributed by atoms with Crippen molar-refractivity contribution in [3.05, 3.63) is 34.6 Å². The number of aromatic nitrogens is 3. The number of hydrogen-bond acceptors (Lipinski definition) is 7. The number of amides is 1. The van der Waals surface area contributed by atoms with Crippen LogP contribution in [0.1, 0.15) is 34.1 Å². The molecule has 2 aromatic heterocycles. The molecule has 2 aromatic rings. The molecule has 0 aromatic carbocycles. The van der Waals surface area contributed by atoms with Crippen LogP contribution in [0.15, 0.2) is 18.5 Å². The fourth-order valence-electron chi connectivity index (χ4n) is 2.52. The lowest BCUT2D eigenvalue weighted by Crippen LogP contribution is -2.19. The molecule has 1 saturated heterocycles. The Morgan fingerprint density at radius 3 is 2.93 bits per heavy atom. The number of nitrogens with one attached hydrogen (secondary N) is 1. The van der Waals surface area contributed by atoms with Gasteiger partial charge in [-0.3, -0.25) is 9.48 Å². The number of nitrogens with zero attached hydrogens (tertiary/aromatic N) is 3. The van der Waals surface area contributed by atoms with Gasteiger partial charge in [-0.1, -0.05) is 11.6 Å². The summed E-state index contributed by atoms with van der Waals surface area (Å²) in [5, 5.41) is 6.83. The van der Waals surface area contributed by atoms with Crippen molar-refractivity contribution in [1.82, 2.24) is 14.8 Å². The molecule has 0 spiro atoms. The molecule has 0 aliphatic carbocycles. The third kappa shape index (κ3) is 4.37. The molecule has 1 N–H and O–H groups in total. The first-order valence-electron chi connectivity index (χ1n) is 8.40. The molecule has 9 nitrogen and oxygen atoms in total. The smallest absolute Gasteiger partial charge is 0.343 e. The Labute approximate surface area is 160 Å². The number of anilines is 1. The Morgan fingerprint density at radius 1 is 1.44 bits per heavy atom. The lowest BCUT2D eigenvalue weighted by atomic mass is 10.2. The normalized spacial score (nSPS) is 16.2. The van der Waals surface area contributed by atoms with Gasteiger partial charge in [-0.05, 0) is 13.0 Å². The van der Waals surface area contributed by atoms with Crippen LogP contribution >= 0.6 is 11.6 Å². The number of esters is 1. The van der Waals surface area contributed by atoms with E-state index in [0.29, 0.717) is 13.2 Å². The number of aryl methyl sites for hydroxylation is 1. The molecule has 0 radical (unpaired) electrons. The van der Waals surface area contributed by atoms with Gasteiger partial charge in [-0.15, -0.1) is 0 Å². The number of ether oxygens (including phenoxy) is 3. The summed E-state index contributed by atoms with van der Waals surface area (Å²) in [5.41, 5.74) is 0.374. The topological polar surface area (TPSA) is 105 Å². The van der Waals surface area contributed by atoms with Gasteiger partial charge in [0.2, 0.25) is 5.88 Å². The zero-order valence-corrected chi connectivity index (χ0v) is 15.7. The van der Waals surface area contributed by atoms with Gasteiger partial charge < -0.3 is 19.5 Å². The molecule has 10 heteroatoms. The number of pyridine rings is 1. The Bertz CT molecular complexity index is 848. The van der Waals surface area contributed by atoms with E-state index < -0.39 is 11.9 Å². The second-order valence-corrected chi connectivity index (χ2v) is 6.23. The number of halogens is 1. The zero-order chi connectivity index (χ0) is 19.4. The van der Waals surface area contributed by atoms with Crippen molar-refractivity contribution in [2.45, 2.75) is 19.4 Å². The summed E-state index contributed by atoms with van der Waals surface area (Å²) in [6.45, 7) is 3.03. The highest BCUT2D eigenvalue weighted by Crippen LogP contribution is 2.26. The van der Waals surface area contributed by atoms with Gasteiger partial charge in [0.05, 0.1) is 31.6 Å². The predicted octanol–water partition coefficient (Wildman–Crippen LogP) is 2.07. The van der Waals surface area contributed by atoms with Crippen LogP contribution in [0.2, 0.25) is 5.02 Å². The molecular formula is C17H19ClN4O5. The lowest BCUT2D eigenvalue weighted by Gasteiger charge is -2.13. The lowest BCUT2D eigenvalue weighted by molar-refractivity contribution is 0.0527. The molecule has 0 bridgehead atoms. The highest BCUT2D eigenvalue weighted by atomic mass is 35.5. The third-order valence-corrected chi connectivity index (χ3v) is 4.17. The molecule has 3 heterocycles. The van der Waals surface area contributed by atoms with Gasteiger partial charge in [-0.2, -0.15) is 5.10 Å². The molecule has 1 amide bonds. The summed E-state index contributed by atoms with van der Waals surface area (Å²) in [4.78, 5) is 28.6. The fourth-order valence-corrected chi connectivity index (χ4v) is 2.73. The maximum absolute atomic E-state index is 12.5. The van der Waals surface area contributed by atoms with Crippen molar-refractivity contribution >= 4 is 29.3 Å². The van der Waals surface area contributed by atoms with Gasteiger partial charge in [0, 0.05) is 19.7 Å². The van der Waals surface area contributed by atoms with Gasteiger partial charge in [-0.25, -0.2) is 9.78 Å². The van der Waals surface area contributed by atoms with E-state index in [9.17, 15) is 9.59 Å². The summed E-state index contributed by atoms with van der Waals surface area (Å²) in [7, 11) is 1.60. The van der Waals surface area contributed by atoms with E-state index in [0.717, 1.165) is 6.42 Å². The molecule has 0 unspecified atom stereocenters. The molecule has 3 rings (SSSR count). The molecule has 144 valence electrons. The molecular weight excluding hydrogens is 376 g/mol. The first-order valence-corrected chi connectivity index (χ1v) is 8.77. The van der Waals surface area contributed by atoms with E-state index in [1.54, 1.807) is 14.0 Å². The Balaban J connectivity index is 1.74. The summed E-state index contributed by atoms with van der Waals surface area (Å²) in [5.74, 6) is -0.594. The summed E-state index contributed by atoms with van der Waals surface area (Å²) in [6, 6.07) is 1.45. The van der Waals surface area contributed by atoms with Crippen LogP contribution in [-0.2, 0) is 16.5 Å². The molecule has 0 saturated carbocycles. The number of carbonyl (C=O) groups excluding carboxylic acids is 2. The monoisotopic (exact) mass is 394 g/mol. The Morgan fingerprint density at radius 2 is 2.26 bits per heavy atom. The number of hydrogen-bond donors (Lipinski definition) is 1. The number of carbonyl (C=O) groups is 2. The largest absolute Gasteiger partial charge is 0.471 e. The van der Waals surface area contributed by atoms with Crippen molar-refractivity contribution < 1.29 is 23.8 Å². The van der Waals surface area contributed by atoms with E-state index >= 15 is 0 Å². The van der Waals surface area contributed by atoms with E-state index in [4.69, 9.17) is 25.8 Å². The first-order chi connectivity index (χ1) is 13.0. The average molecular weight is 395 g/mol. The van der Waals surface area contributed by atoms with E-state index in [-0.39, 0.29) is 40.6 Å². The number of rotatable bonds is 6. The van der Waals surface area contributed by atoms with Crippen LogP contribution < -0.4 is 10.1 Å². The van der Waals surface area contributed by atoms with Gasteiger partial charge in [0.15, 0.2) is 0 Å². The van der Waals surface area contributed by atoms with Crippen LogP contribution in [0.5, 0.6) is 5.88 Å². The van der Waals surface area contributed by atoms with E-state index in [1.807, 2.05) is 0 Å². The van der Waals surface area contributed by atoms with Gasteiger partial charge >= 0.3 is 5.97 Å². The predicted molar refractivity (Wildman–Crippen MR) is 96.2 cm³/mol. The minimum atomic E-state index is -0.570. The standard InChI is InChI=1S/C17H19ClN4O5/c1-3-26-17(24)12-8-20-22(2)14(12)21-15(23)10-6-13(18)16(19-7-10)27-11-4-5-25-9-11/h6-8,11H,3-5,9H2,1-2H3,(H,21,23)/t11-/m0/s1. The maximum atomic E-state index is 12.5. The van der Waals surface area contributed by atoms with Crippen molar-refractivity contribution in [3.8, 4) is 5.88 Å². The Hall–Kier alpha value is -2.65. The average Bonchev–Trinajstić information content (AvgIpc) is 3.27. The van der Waals surface area contributed by atoms with Crippen molar-refractivity contribution in [3.63, 3.8) is 0 Å². The second kappa shape index (κ2) is 8.36. The minimum Gasteiger partial charge on any atom is -0.471 e. The summed E-state index contributed by atoms with van der Waals surface area (Å²) in [6.07, 6.45) is 3.35. The van der Waals surface area contributed by atoms with Crippen LogP contribution in [0, 0.1) is 0 Å². The molecule has 1 atom stereocenters. The van der Waals surface area contributed by atoms with E-state index in [2.05, 4.69) is 15.4 Å². The highest BCUT2D eigenvalue weighted by molar-refractivity contribution is 6.32. The van der Waals surface area contributed by atoms with Crippen molar-refractivity contribution in [2.24, 2.45) is 7.05 Å². The first kappa shape index (κ1) is 19.1. The second-order valence-electron chi connectivity index (χ2n) is 5.82. The molecule has 1 aliphatic heterocycles. The highest BCUT2D eigenvalue weighted by Gasteiger charge is 2.22. The Kier molecular flexibility index (Phi) is 5.92.